The lowest BCUT2D eigenvalue weighted by Gasteiger charge is -2.34. The predicted molar refractivity (Wildman–Crippen MR) is 92.2 cm³/mol. The van der Waals surface area contributed by atoms with Gasteiger partial charge in [0.2, 0.25) is 0 Å². The van der Waals surface area contributed by atoms with E-state index in [2.05, 4.69) is 16.2 Å². The molecule has 2 heterocycles. The third-order valence-corrected chi connectivity index (χ3v) is 5.49. The number of benzene rings is 1. The van der Waals surface area contributed by atoms with Crippen molar-refractivity contribution in [1.82, 2.24) is 14.7 Å². The van der Waals surface area contributed by atoms with Crippen LogP contribution >= 0.6 is 0 Å². The van der Waals surface area contributed by atoms with E-state index in [1.807, 2.05) is 42.2 Å². The van der Waals surface area contributed by atoms with E-state index in [4.69, 9.17) is 9.47 Å². The molecule has 0 radical (unpaired) electrons. The summed E-state index contributed by atoms with van der Waals surface area (Å²) in [7, 11) is 3.66. The molecule has 1 aromatic carbocycles. The second-order valence-corrected chi connectivity index (χ2v) is 6.98. The Kier molecular flexibility index (Phi) is 4.19. The highest BCUT2D eigenvalue weighted by Gasteiger charge is 2.45. The number of likely N-dealkylation sites (tertiary alicyclic amines) is 1. The molecule has 3 atom stereocenters. The summed E-state index contributed by atoms with van der Waals surface area (Å²) < 4.78 is 13.2. The molecular formula is C19H25N3O2. The topological polar surface area (TPSA) is 39.5 Å². The van der Waals surface area contributed by atoms with E-state index < -0.39 is 0 Å². The lowest BCUT2D eigenvalue weighted by atomic mass is 9.99. The Balaban J connectivity index is 1.41. The quantitative estimate of drug-likeness (QED) is 0.818. The number of aryl methyl sites for hydroxylation is 1. The molecule has 1 saturated carbocycles. The van der Waals surface area contributed by atoms with Crippen molar-refractivity contribution in [3.63, 3.8) is 0 Å². The molecule has 2 fully saturated rings. The molecule has 24 heavy (non-hydrogen) atoms. The van der Waals surface area contributed by atoms with Crippen LogP contribution in [0.5, 0.6) is 11.5 Å². The first-order valence-corrected chi connectivity index (χ1v) is 8.73. The number of hydrogen-bond donors (Lipinski definition) is 0. The summed E-state index contributed by atoms with van der Waals surface area (Å²) in [6, 6.07) is 9.08. The SMILES string of the molecule is COc1ccc(OC[C@@H]2[C@@H]3CC[C@H](C3)N2Cc2cnn(C)c2)cc1. The first-order chi connectivity index (χ1) is 11.7. The molecule has 0 spiro atoms. The third kappa shape index (κ3) is 3.00. The van der Waals surface area contributed by atoms with E-state index in [0.717, 1.165) is 30.6 Å². The van der Waals surface area contributed by atoms with Crippen LogP contribution in [0.2, 0.25) is 0 Å². The van der Waals surface area contributed by atoms with Crippen LogP contribution in [0.25, 0.3) is 0 Å². The van der Waals surface area contributed by atoms with E-state index in [-0.39, 0.29) is 0 Å². The molecule has 4 rings (SSSR count). The lowest BCUT2D eigenvalue weighted by molar-refractivity contribution is 0.0867. The zero-order valence-electron chi connectivity index (χ0n) is 14.4. The van der Waals surface area contributed by atoms with Crippen LogP contribution in [0.3, 0.4) is 0 Å². The molecule has 0 amide bonds. The van der Waals surface area contributed by atoms with Gasteiger partial charge in [0.25, 0.3) is 0 Å². The standard InChI is InChI=1S/C19H25N3O2/c1-21-11-14(10-20-21)12-22-16-4-3-15(9-16)19(22)13-24-18-7-5-17(23-2)6-8-18/h5-8,10-11,15-16,19H,3-4,9,12-13H2,1-2H3/t15-,16-,19-/m1/s1. The van der Waals surface area contributed by atoms with E-state index in [1.54, 1.807) is 7.11 Å². The molecule has 5 heteroatoms. The molecule has 2 bridgehead atoms. The van der Waals surface area contributed by atoms with Gasteiger partial charge < -0.3 is 9.47 Å². The lowest BCUT2D eigenvalue weighted by Crippen LogP contribution is -2.43. The summed E-state index contributed by atoms with van der Waals surface area (Å²) in [4.78, 5) is 2.63. The zero-order valence-corrected chi connectivity index (χ0v) is 14.4. The Morgan fingerprint density at radius 3 is 2.67 bits per heavy atom. The van der Waals surface area contributed by atoms with Crippen LogP contribution < -0.4 is 9.47 Å². The number of ether oxygens (including phenoxy) is 2. The predicted octanol–water partition coefficient (Wildman–Crippen LogP) is 2.86. The number of hydrogen-bond acceptors (Lipinski definition) is 4. The Bertz CT molecular complexity index is 682. The minimum atomic E-state index is 0.506. The average molecular weight is 327 g/mol. The first-order valence-electron chi connectivity index (χ1n) is 8.73. The second kappa shape index (κ2) is 6.48. The largest absolute Gasteiger partial charge is 0.497 e. The summed E-state index contributed by atoms with van der Waals surface area (Å²) in [5, 5.41) is 4.30. The van der Waals surface area contributed by atoms with Gasteiger partial charge in [-0.15, -0.1) is 0 Å². The summed E-state index contributed by atoms with van der Waals surface area (Å²) >= 11 is 0. The zero-order chi connectivity index (χ0) is 16.5. The van der Waals surface area contributed by atoms with Crippen LogP contribution in [-0.2, 0) is 13.6 Å². The molecule has 2 aliphatic rings. The van der Waals surface area contributed by atoms with Gasteiger partial charge in [0, 0.05) is 37.4 Å². The fraction of sp³-hybridized carbons (Fsp3) is 0.526. The van der Waals surface area contributed by atoms with Crippen molar-refractivity contribution in [3.05, 3.63) is 42.2 Å². The fourth-order valence-corrected chi connectivity index (χ4v) is 4.28. The molecule has 1 aliphatic carbocycles. The number of aromatic nitrogens is 2. The van der Waals surface area contributed by atoms with Crippen molar-refractivity contribution in [2.24, 2.45) is 13.0 Å². The number of fused-ring (bicyclic) bond motifs is 2. The van der Waals surface area contributed by atoms with Crippen LogP contribution in [0.15, 0.2) is 36.7 Å². The molecule has 0 N–H and O–H groups in total. The normalized spacial score (nSPS) is 26.0. The minimum absolute atomic E-state index is 0.506. The van der Waals surface area contributed by atoms with Gasteiger partial charge in [-0.3, -0.25) is 9.58 Å². The highest BCUT2D eigenvalue weighted by molar-refractivity contribution is 5.31. The van der Waals surface area contributed by atoms with Gasteiger partial charge in [-0.2, -0.15) is 5.10 Å². The van der Waals surface area contributed by atoms with Gasteiger partial charge in [-0.1, -0.05) is 0 Å². The summed E-state index contributed by atoms with van der Waals surface area (Å²) in [5.41, 5.74) is 1.29. The maximum absolute atomic E-state index is 6.10. The Labute approximate surface area is 143 Å². The van der Waals surface area contributed by atoms with Gasteiger partial charge >= 0.3 is 0 Å². The molecule has 1 aliphatic heterocycles. The van der Waals surface area contributed by atoms with Gasteiger partial charge in [0.05, 0.1) is 13.3 Å². The first kappa shape index (κ1) is 15.5. The maximum atomic E-state index is 6.10. The van der Waals surface area contributed by atoms with E-state index >= 15 is 0 Å². The average Bonchev–Trinajstić information content (AvgIpc) is 3.31. The second-order valence-electron chi connectivity index (χ2n) is 6.98. The van der Waals surface area contributed by atoms with Crippen molar-refractivity contribution in [3.8, 4) is 11.5 Å². The van der Waals surface area contributed by atoms with Crippen LogP contribution in [0.1, 0.15) is 24.8 Å². The van der Waals surface area contributed by atoms with E-state index in [0.29, 0.717) is 12.1 Å². The maximum Gasteiger partial charge on any atom is 0.119 e. The number of piperidine rings is 1. The highest BCUT2D eigenvalue weighted by atomic mass is 16.5. The van der Waals surface area contributed by atoms with E-state index in [9.17, 15) is 0 Å². The summed E-state index contributed by atoms with van der Waals surface area (Å²) in [5.74, 6) is 2.55. The monoisotopic (exact) mass is 327 g/mol. The number of nitrogens with zero attached hydrogens (tertiary/aromatic N) is 3. The minimum Gasteiger partial charge on any atom is -0.497 e. The van der Waals surface area contributed by atoms with Crippen LogP contribution in [0.4, 0.5) is 0 Å². The molecule has 128 valence electrons. The Morgan fingerprint density at radius 2 is 1.96 bits per heavy atom. The van der Waals surface area contributed by atoms with Crippen molar-refractivity contribution >= 4 is 0 Å². The van der Waals surface area contributed by atoms with Crippen molar-refractivity contribution in [1.29, 1.82) is 0 Å². The van der Waals surface area contributed by atoms with Gasteiger partial charge in [0.1, 0.15) is 18.1 Å². The molecule has 5 nitrogen and oxygen atoms in total. The third-order valence-electron chi connectivity index (χ3n) is 5.49. The summed E-state index contributed by atoms with van der Waals surface area (Å²) in [6.07, 6.45) is 8.08. The Hall–Kier alpha value is -2.01. The van der Waals surface area contributed by atoms with Crippen molar-refractivity contribution < 1.29 is 9.47 Å². The number of rotatable bonds is 6. The van der Waals surface area contributed by atoms with Crippen molar-refractivity contribution in [2.45, 2.75) is 37.9 Å². The molecular weight excluding hydrogens is 302 g/mol. The number of methoxy groups -OCH3 is 1. The van der Waals surface area contributed by atoms with Crippen LogP contribution in [0, 0.1) is 5.92 Å². The molecule has 1 aromatic heterocycles. The fourth-order valence-electron chi connectivity index (χ4n) is 4.28. The van der Waals surface area contributed by atoms with Gasteiger partial charge in [-0.05, 0) is 49.4 Å². The smallest absolute Gasteiger partial charge is 0.119 e. The molecule has 1 saturated heterocycles. The highest BCUT2D eigenvalue weighted by Crippen LogP contribution is 2.43. The van der Waals surface area contributed by atoms with Gasteiger partial charge in [0.15, 0.2) is 0 Å². The van der Waals surface area contributed by atoms with Gasteiger partial charge in [-0.25, -0.2) is 0 Å². The van der Waals surface area contributed by atoms with Crippen molar-refractivity contribution in [2.75, 3.05) is 13.7 Å². The van der Waals surface area contributed by atoms with Crippen LogP contribution in [-0.4, -0.2) is 40.5 Å². The van der Waals surface area contributed by atoms with E-state index in [1.165, 1.54) is 24.8 Å². The summed E-state index contributed by atoms with van der Waals surface area (Å²) in [6.45, 7) is 1.74. The molecule has 2 aromatic rings. The Morgan fingerprint density at radius 1 is 1.17 bits per heavy atom. The molecule has 0 unspecified atom stereocenters.